The molecule has 24 heteroatoms. The molecular formula is C22H29N10O13P. The number of nitrogens with one attached hydrogen (secondary N) is 2. The van der Waals surface area contributed by atoms with Crippen molar-refractivity contribution in [2.24, 2.45) is 0 Å². The molecule has 0 bridgehead atoms. The number of fused-ring (bicyclic) bond motifs is 2. The number of rotatable bonds is 7. The lowest BCUT2D eigenvalue weighted by molar-refractivity contribution is -0.138. The third kappa shape index (κ3) is 6.03. The van der Waals surface area contributed by atoms with Crippen molar-refractivity contribution in [3.05, 3.63) is 33.4 Å². The molecule has 2 fully saturated rings. The number of nitrogen functional groups attached to an aromatic ring is 2. The number of H-pyrrole nitrogens is 2. The standard InChI is InChI=1S/C11H14N5O8P.C11H15N5O5/c1-22-5-4(17)9(24-11(19)25(20)21)23-8(5)16-2-13-3-6(16)14-10(12)15-7(3)18;1-20-7-6(18)4(2-17)21-10(7)16-3-13-5-8(16)14-11(12)15-9(5)19/h2,4-5,8-9,17,20-21H,1H3,(H3,12,14,15,18);3-4,6-7,10,17-18H,2H2,1H3,(H3,12,14,15,19)/t4?,5-,8-,9-;4-,6?,7-,10-/m11/s1. The highest BCUT2D eigenvalue weighted by Crippen LogP contribution is 2.36. The lowest BCUT2D eigenvalue weighted by Crippen LogP contribution is -2.35. The Labute approximate surface area is 256 Å². The highest BCUT2D eigenvalue weighted by molar-refractivity contribution is 7.63. The Morgan fingerprint density at radius 3 is 1.85 bits per heavy atom. The predicted molar refractivity (Wildman–Crippen MR) is 151 cm³/mol. The van der Waals surface area contributed by atoms with Gasteiger partial charge in [-0.2, -0.15) is 9.97 Å². The first-order valence-electron chi connectivity index (χ1n) is 13.1. The van der Waals surface area contributed by atoms with Gasteiger partial charge in [0, 0.05) is 14.2 Å². The lowest BCUT2D eigenvalue weighted by Gasteiger charge is -2.19. The molecule has 0 radical (unpaired) electrons. The minimum absolute atomic E-state index is 0.0168. The van der Waals surface area contributed by atoms with E-state index in [-0.39, 0.29) is 40.8 Å². The highest BCUT2D eigenvalue weighted by Gasteiger charge is 2.48. The molecule has 6 rings (SSSR count). The Hall–Kier alpha value is -4.16. The zero-order valence-corrected chi connectivity index (χ0v) is 24.7. The largest absolute Gasteiger partial charge is 0.426 e. The van der Waals surface area contributed by atoms with E-state index in [9.17, 15) is 29.7 Å². The molecular weight excluding hydrogens is 643 g/mol. The topological polar surface area (TPSA) is 344 Å². The van der Waals surface area contributed by atoms with Gasteiger partial charge in [0.2, 0.25) is 18.2 Å². The maximum absolute atomic E-state index is 11.8. The van der Waals surface area contributed by atoms with Crippen LogP contribution < -0.4 is 22.6 Å². The second-order valence-corrected chi connectivity index (χ2v) is 10.7. The van der Waals surface area contributed by atoms with Crippen LogP contribution in [0.3, 0.4) is 0 Å². The monoisotopic (exact) mass is 672 g/mol. The number of nitrogens with two attached hydrogens (primary N) is 2. The fourth-order valence-corrected chi connectivity index (χ4v) is 5.15. The summed E-state index contributed by atoms with van der Waals surface area (Å²) in [6.07, 6.45) is -5.79. The number of carbonyl (C=O) groups excluding carboxylic acids is 1. The van der Waals surface area contributed by atoms with Gasteiger partial charge in [0.25, 0.3) is 19.5 Å². The Morgan fingerprint density at radius 1 is 0.913 bits per heavy atom. The number of methoxy groups -OCH3 is 2. The van der Waals surface area contributed by atoms with E-state index in [0.29, 0.717) is 0 Å². The molecule has 0 aromatic carbocycles. The van der Waals surface area contributed by atoms with Gasteiger partial charge in [0.05, 0.1) is 19.3 Å². The zero-order valence-electron chi connectivity index (χ0n) is 23.8. The average molecular weight is 673 g/mol. The molecule has 6 heterocycles. The number of anilines is 2. The van der Waals surface area contributed by atoms with Crippen LogP contribution in [0.5, 0.6) is 0 Å². The molecule has 250 valence electrons. The van der Waals surface area contributed by atoms with Crippen LogP contribution in [0.4, 0.5) is 16.7 Å². The molecule has 4 aromatic heterocycles. The molecule has 4 aromatic rings. The number of hydrogen-bond acceptors (Lipinski definition) is 19. The van der Waals surface area contributed by atoms with Crippen LogP contribution in [-0.4, -0.2) is 127 Å². The summed E-state index contributed by atoms with van der Waals surface area (Å²) >= 11 is 0. The number of ether oxygens (including phenoxy) is 5. The predicted octanol–water partition coefficient (Wildman–Crippen LogP) is -3.67. The number of aliphatic hydroxyl groups is 3. The van der Waals surface area contributed by atoms with Crippen LogP contribution in [0, 0.1) is 0 Å². The van der Waals surface area contributed by atoms with Crippen LogP contribution in [0.1, 0.15) is 12.5 Å². The fourth-order valence-electron chi connectivity index (χ4n) is 4.95. The van der Waals surface area contributed by atoms with Gasteiger partial charge in [-0.05, 0) is 0 Å². The van der Waals surface area contributed by atoms with Crippen LogP contribution >= 0.6 is 8.38 Å². The summed E-state index contributed by atoms with van der Waals surface area (Å²) in [6.45, 7) is -0.361. The first-order chi connectivity index (χ1) is 21.9. The summed E-state index contributed by atoms with van der Waals surface area (Å²) in [5.41, 5.74) is 9.04. The van der Waals surface area contributed by atoms with Gasteiger partial charge in [-0.1, -0.05) is 0 Å². The summed E-state index contributed by atoms with van der Waals surface area (Å²) in [5.74, 6) is -0.207. The van der Waals surface area contributed by atoms with Crippen molar-refractivity contribution >= 4 is 48.3 Å². The number of nitrogens with zero attached hydrogens (tertiary/aromatic N) is 6. The van der Waals surface area contributed by atoms with E-state index in [0.717, 1.165) is 0 Å². The van der Waals surface area contributed by atoms with Gasteiger partial charge in [-0.3, -0.25) is 28.7 Å². The van der Waals surface area contributed by atoms with Gasteiger partial charge >= 0.3 is 5.71 Å². The first kappa shape index (κ1) is 33.2. The van der Waals surface area contributed by atoms with Crippen molar-refractivity contribution in [1.29, 1.82) is 0 Å². The molecule has 2 saturated heterocycles. The van der Waals surface area contributed by atoms with Crippen LogP contribution in [0.25, 0.3) is 22.3 Å². The van der Waals surface area contributed by atoms with Crippen molar-refractivity contribution in [3.63, 3.8) is 0 Å². The van der Waals surface area contributed by atoms with Crippen molar-refractivity contribution in [2.45, 2.75) is 49.3 Å². The van der Waals surface area contributed by atoms with E-state index in [1.165, 1.54) is 36.0 Å². The summed E-state index contributed by atoms with van der Waals surface area (Å²) in [4.78, 5) is 73.1. The van der Waals surface area contributed by atoms with Gasteiger partial charge in [0.15, 0.2) is 34.8 Å². The molecule has 0 spiro atoms. The number of carbonyl (C=O) groups is 1. The smallest absolute Gasteiger partial charge is 0.386 e. The Kier molecular flexibility index (Phi) is 9.59. The van der Waals surface area contributed by atoms with Gasteiger partial charge in [-0.25, -0.2) is 14.8 Å². The minimum Gasteiger partial charge on any atom is -0.426 e. The molecule has 46 heavy (non-hydrogen) atoms. The quantitative estimate of drug-likeness (QED) is 0.0854. The summed E-state index contributed by atoms with van der Waals surface area (Å²) in [5, 5.41) is 29.5. The molecule has 23 nitrogen and oxygen atoms in total. The summed E-state index contributed by atoms with van der Waals surface area (Å²) in [6, 6.07) is 0. The molecule has 2 aliphatic heterocycles. The van der Waals surface area contributed by atoms with Gasteiger partial charge in [0.1, 0.15) is 30.5 Å². The SMILES string of the molecule is CO[C@@H]1C(O)[C@@H](CO)O[C@H]1n1cnc2c(=O)[nH]c(N)nc21.CO[C@@H]1C(O)[C@@H](OC(=O)P(O)O)O[C@H]1n1cnc2c(=O)[nH]c(N)nc21. The maximum Gasteiger partial charge on any atom is 0.386 e. The minimum atomic E-state index is -3.00. The lowest BCUT2D eigenvalue weighted by atomic mass is 10.1. The molecule has 8 atom stereocenters. The zero-order chi connectivity index (χ0) is 33.4. The summed E-state index contributed by atoms with van der Waals surface area (Å²) < 4.78 is 28.8. The van der Waals surface area contributed by atoms with E-state index in [1.807, 2.05) is 0 Å². The Morgan fingerprint density at radius 2 is 1.39 bits per heavy atom. The number of aromatic amines is 2. The molecule has 2 unspecified atom stereocenters. The number of aromatic nitrogens is 8. The second-order valence-electron chi connectivity index (χ2n) is 9.75. The van der Waals surface area contributed by atoms with Crippen molar-refractivity contribution in [3.8, 4) is 0 Å². The Bertz CT molecular complexity index is 1830. The van der Waals surface area contributed by atoms with E-state index in [1.54, 1.807) is 0 Å². The maximum atomic E-state index is 11.8. The highest BCUT2D eigenvalue weighted by atomic mass is 31.2. The molecule has 0 amide bonds. The third-order valence-corrected chi connectivity index (χ3v) is 7.47. The summed E-state index contributed by atoms with van der Waals surface area (Å²) in [7, 11) is -0.299. The van der Waals surface area contributed by atoms with Crippen LogP contribution in [0.15, 0.2) is 22.2 Å². The van der Waals surface area contributed by atoms with Crippen molar-refractivity contribution in [1.82, 2.24) is 39.0 Å². The molecule has 0 saturated carbocycles. The van der Waals surface area contributed by atoms with Crippen molar-refractivity contribution in [2.75, 3.05) is 32.3 Å². The molecule has 2 aliphatic rings. The molecule has 11 N–H and O–H groups in total. The first-order valence-corrected chi connectivity index (χ1v) is 14.3. The molecule has 0 aliphatic carbocycles. The van der Waals surface area contributed by atoms with E-state index >= 15 is 0 Å². The van der Waals surface area contributed by atoms with E-state index in [4.69, 9.17) is 44.9 Å². The van der Waals surface area contributed by atoms with Crippen LogP contribution in [-0.2, 0) is 23.7 Å². The van der Waals surface area contributed by atoms with E-state index < -0.39 is 74.5 Å². The number of imidazole rings is 2. The van der Waals surface area contributed by atoms with Gasteiger partial charge < -0.3 is 60.3 Å². The fraction of sp³-hybridized carbons (Fsp3) is 0.500. The third-order valence-electron chi connectivity index (χ3n) is 7.04. The second kappa shape index (κ2) is 13.3. The normalized spacial score (nSPS) is 27.7. The van der Waals surface area contributed by atoms with Gasteiger partial charge in [-0.15, -0.1) is 0 Å². The van der Waals surface area contributed by atoms with E-state index in [2.05, 4.69) is 29.9 Å². The number of aliphatic hydroxyl groups excluding tert-OH is 3. The van der Waals surface area contributed by atoms with Crippen LogP contribution in [0.2, 0.25) is 0 Å². The average Bonchev–Trinajstić information content (AvgIpc) is 3.76. The number of hydrogen-bond donors (Lipinski definition) is 9. The Balaban J connectivity index is 0.000000184. The van der Waals surface area contributed by atoms with Crippen molar-refractivity contribution < 1.29 is 53.6 Å².